The molecule has 0 bridgehead atoms. The van der Waals surface area contributed by atoms with Gasteiger partial charge in [0.05, 0.1) is 18.8 Å². The molecule has 0 spiro atoms. The fourth-order valence-corrected chi connectivity index (χ4v) is 2.13. The number of carbonyl (C=O) groups is 1. The number of ether oxygens (including phenoxy) is 1. The Morgan fingerprint density at radius 2 is 2.33 bits per heavy atom. The van der Waals surface area contributed by atoms with Crippen molar-refractivity contribution in [2.45, 2.75) is 26.0 Å². The molecule has 6 heteroatoms. The number of carbonyl (C=O) groups excluding carboxylic acids is 1. The van der Waals surface area contributed by atoms with Crippen molar-refractivity contribution in [1.29, 1.82) is 0 Å². The lowest BCUT2D eigenvalue weighted by Gasteiger charge is -2.37. The highest BCUT2D eigenvalue weighted by molar-refractivity contribution is 5.90. The Bertz CT molecular complexity index is 428. The largest absolute Gasteiger partial charge is 0.455 e. The third kappa shape index (κ3) is 3.10. The van der Waals surface area contributed by atoms with Gasteiger partial charge in [0.2, 0.25) is 0 Å². The van der Waals surface area contributed by atoms with Crippen LogP contribution in [0.15, 0.2) is 16.5 Å². The minimum atomic E-state index is -0.413. The first-order valence-electron chi connectivity index (χ1n) is 5.96. The molecule has 1 fully saturated rings. The van der Waals surface area contributed by atoms with Crippen molar-refractivity contribution in [3.8, 4) is 0 Å². The Kier molecular flexibility index (Phi) is 3.70. The van der Waals surface area contributed by atoms with E-state index in [0.29, 0.717) is 13.2 Å². The van der Waals surface area contributed by atoms with Gasteiger partial charge in [0, 0.05) is 13.1 Å². The van der Waals surface area contributed by atoms with Crippen LogP contribution in [0.1, 0.15) is 30.2 Å². The van der Waals surface area contributed by atoms with E-state index in [2.05, 4.69) is 18.7 Å². The van der Waals surface area contributed by atoms with E-state index in [-0.39, 0.29) is 11.4 Å². The zero-order valence-corrected chi connectivity index (χ0v) is 10.7. The van der Waals surface area contributed by atoms with Gasteiger partial charge in [0.15, 0.2) is 5.76 Å². The van der Waals surface area contributed by atoms with E-state index in [1.54, 1.807) is 12.1 Å². The molecule has 1 aromatic rings. The third-order valence-electron chi connectivity index (χ3n) is 2.90. The zero-order valence-electron chi connectivity index (χ0n) is 10.7. The lowest BCUT2D eigenvalue weighted by Crippen LogP contribution is -2.47. The molecule has 1 aromatic heterocycles. The Labute approximate surface area is 106 Å². The van der Waals surface area contributed by atoms with Crippen LogP contribution < -0.4 is 11.3 Å². The van der Waals surface area contributed by atoms with E-state index >= 15 is 0 Å². The third-order valence-corrected chi connectivity index (χ3v) is 2.90. The van der Waals surface area contributed by atoms with Crippen molar-refractivity contribution in [1.82, 2.24) is 10.3 Å². The Balaban J connectivity index is 1.97. The number of rotatable bonds is 3. The minimum Gasteiger partial charge on any atom is -0.455 e. The Hall–Kier alpha value is -1.37. The highest BCUT2D eigenvalue weighted by Crippen LogP contribution is 2.19. The summed E-state index contributed by atoms with van der Waals surface area (Å²) in [6.07, 6.45) is 0. The maximum absolute atomic E-state index is 11.3. The summed E-state index contributed by atoms with van der Waals surface area (Å²) in [5.41, 5.74) is 1.91. The number of furan rings is 1. The summed E-state index contributed by atoms with van der Waals surface area (Å²) in [7, 11) is 0. The quantitative estimate of drug-likeness (QED) is 0.465. The molecule has 0 aliphatic carbocycles. The number of nitrogen functional groups attached to an aromatic ring is 1. The molecule has 1 saturated heterocycles. The van der Waals surface area contributed by atoms with Crippen LogP contribution in [0.5, 0.6) is 0 Å². The molecule has 100 valence electrons. The molecule has 0 saturated carbocycles. The SMILES string of the molecule is CC1(C)CN(Cc2ccc(C(=O)NN)o2)CCO1. The smallest absolute Gasteiger partial charge is 0.300 e. The topological polar surface area (TPSA) is 80.7 Å². The Morgan fingerprint density at radius 1 is 1.56 bits per heavy atom. The zero-order chi connectivity index (χ0) is 13.2. The molecule has 1 aliphatic heterocycles. The predicted octanol–water partition coefficient (Wildman–Crippen LogP) is 0.494. The summed E-state index contributed by atoms with van der Waals surface area (Å²) in [6.45, 7) is 7.21. The summed E-state index contributed by atoms with van der Waals surface area (Å²) < 4.78 is 11.1. The first-order chi connectivity index (χ1) is 8.50. The highest BCUT2D eigenvalue weighted by atomic mass is 16.5. The van der Waals surface area contributed by atoms with Crippen LogP contribution in [0.25, 0.3) is 0 Å². The van der Waals surface area contributed by atoms with E-state index in [4.69, 9.17) is 15.0 Å². The van der Waals surface area contributed by atoms with Crippen LogP contribution in [0.3, 0.4) is 0 Å². The normalized spacial score (nSPS) is 19.7. The number of nitrogens with two attached hydrogens (primary N) is 1. The van der Waals surface area contributed by atoms with Gasteiger partial charge in [-0.05, 0) is 26.0 Å². The molecule has 0 radical (unpaired) electrons. The monoisotopic (exact) mass is 253 g/mol. The molecule has 1 aliphatic rings. The second-order valence-corrected chi connectivity index (χ2v) is 5.06. The molecule has 2 rings (SSSR count). The van der Waals surface area contributed by atoms with Crippen LogP contribution in [0.4, 0.5) is 0 Å². The average molecular weight is 253 g/mol. The van der Waals surface area contributed by atoms with E-state index in [0.717, 1.165) is 18.8 Å². The van der Waals surface area contributed by atoms with Crippen molar-refractivity contribution in [2.24, 2.45) is 5.84 Å². The van der Waals surface area contributed by atoms with Gasteiger partial charge in [-0.1, -0.05) is 0 Å². The number of hydrazine groups is 1. The number of nitrogens with one attached hydrogen (secondary N) is 1. The van der Waals surface area contributed by atoms with Crippen LogP contribution in [-0.2, 0) is 11.3 Å². The molecular formula is C12H19N3O3. The second-order valence-electron chi connectivity index (χ2n) is 5.06. The van der Waals surface area contributed by atoms with Gasteiger partial charge < -0.3 is 9.15 Å². The number of hydrogen-bond acceptors (Lipinski definition) is 5. The summed E-state index contributed by atoms with van der Waals surface area (Å²) >= 11 is 0. The van der Waals surface area contributed by atoms with E-state index in [1.807, 2.05) is 5.43 Å². The first kappa shape index (κ1) is 13.1. The van der Waals surface area contributed by atoms with Gasteiger partial charge in [-0.3, -0.25) is 15.1 Å². The van der Waals surface area contributed by atoms with Gasteiger partial charge in [-0.2, -0.15) is 0 Å². The van der Waals surface area contributed by atoms with Crippen molar-refractivity contribution in [3.05, 3.63) is 23.7 Å². The standard InChI is InChI=1S/C12H19N3O3/c1-12(2)8-15(5-6-17-12)7-9-3-4-10(18-9)11(16)14-13/h3-4H,5-8,13H2,1-2H3,(H,14,16). The van der Waals surface area contributed by atoms with Crippen LogP contribution in [0.2, 0.25) is 0 Å². The van der Waals surface area contributed by atoms with Gasteiger partial charge in [0.25, 0.3) is 0 Å². The highest BCUT2D eigenvalue weighted by Gasteiger charge is 2.27. The first-order valence-corrected chi connectivity index (χ1v) is 5.96. The molecule has 6 nitrogen and oxygen atoms in total. The van der Waals surface area contributed by atoms with Crippen molar-refractivity contribution < 1.29 is 13.9 Å². The van der Waals surface area contributed by atoms with Crippen LogP contribution in [0, 0.1) is 0 Å². The van der Waals surface area contributed by atoms with Crippen molar-refractivity contribution in [2.75, 3.05) is 19.7 Å². The molecule has 0 atom stereocenters. The molecular weight excluding hydrogens is 234 g/mol. The Morgan fingerprint density at radius 3 is 3.00 bits per heavy atom. The lowest BCUT2D eigenvalue weighted by molar-refractivity contribution is -0.0894. The molecule has 3 N–H and O–H groups in total. The molecule has 0 unspecified atom stereocenters. The summed E-state index contributed by atoms with van der Waals surface area (Å²) in [4.78, 5) is 13.5. The van der Waals surface area contributed by atoms with Crippen molar-refractivity contribution >= 4 is 5.91 Å². The van der Waals surface area contributed by atoms with Crippen LogP contribution in [-0.4, -0.2) is 36.1 Å². The summed E-state index contributed by atoms with van der Waals surface area (Å²) in [5, 5.41) is 0. The summed E-state index contributed by atoms with van der Waals surface area (Å²) in [6, 6.07) is 3.43. The molecule has 0 aromatic carbocycles. The van der Waals surface area contributed by atoms with E-state index in [1.165, 1.54) is 0 Å². The minimum absolute atomic E-state index is 0.137. The number of morpholine rings is 1. The van der Waals surface area contributed by atoms with Crippen molar-refractivity contribution in [3.63, 3.8) is 0 Å². The molecule has 2 heterocycles. The lowest BCUT2D eigenvalue weighted by atomic mass is 10.1. The molecule has 18 heavy (non-hydrogen) atoms. The maximum Gasteiger partial charge on any atom is 0.300 e. The number of nitrogens with zero attached hydrogens (tertiary/aromatic N) is 1. The summed E-state index contributed by atoms with van der Waals surface area (Å²) in [5.74, 6) is 5.63. The molecule has 1 amide bonds. The van der Waals surface area contributed by atoms with Gasteiger partial charge in [-0.15, -0.1) is 0 Å². The predicted molar refractivity (Wildman–Crippen MR) is 65.7 cm³/mol. The van der Waals surface area contributed by atoms with Crippen LogP contribution >= 0.6 is 0 Å². The van der Waals surface area contributed by atoms with Gasteiger partial charge in [0.1, 0.15) is 5.76 Å². The van der Waals surface area contributed by atoms with E-state index in [9.17, 15) is 4.79 Å². The van der Waals surface area contributed by atoms with Gasteiger partial charge >= 0.3 is 5.91 Å². The second kappa shape index (κ2) is 5.09. The maximum atomic E-state index is 11.3. The fourth-order valence-electron chi connectivity index (χ4n) is 2.13. The number of amides is 1. The fraction of sp³-hybridized carbons (Fsp3) is 0.583. The van der Waals surface area contributed by atoms with E-state index < -0.39 is 5.91 Å². The van der Waals surface area contributed by atoms with Gasteiger partial charge in [-0.25, -0.2) is 5.84 Å². The number of hydrogen-bond donors (Lipinski definition) is 2. The average Bonchev–Trinajstić information content (AvgIpc) is 2.75.